The maximum atomic E-state index is 12.7. The van der Waals surface area contributed by atoms with Gasteiger partial charge in [-0.2, -0.15) is 8.78 Å². The summed E-state index contributed by atoms with van der Waals surface area (Å²) in [5.74, 6) is 1.23. The molecule has 6 nitrogen and oxygen atoms in total. The van der Waals surface area contributed by atoms with Crippen LogP contribution in [0.3, 0.4) is 0 Å². The highest BCUT2D eigenvalue weighted by Gasteiger charge is 2.13. The van der Waals surface area contributed by atoms with E-state index in [1.54, 1.807) is 19.2 Å². The number of halogens is 2. The Labute approximate surface area is 182 Å². The third kappa shape index (κ3) is 7.10. The summed E-state index contributed by atoms with van der Waals surface area (Å²) in [5, 5.41) is 6.38. The van der Waals surface area contributed by atoms with Crippen molar-refractivity contribution in [1.29, 1.82) is 0 Å². The lowest BCUT2D eigenvalue weighted by atomic mass is 10.1. The summed E-state index contributed by atoms with van der Waals surface area (Å²) in [6, 6.07) is 13.3. The zero-order valence-corrected chi connectivity index (χ0v) is 18.0. The zero-order valence-electron chi connectivity index (χ0n) is 18.0. The Hall–Kier alpha value is -2.87. The molecule has 0 spiro atoms. The Bertz CT molecular complexity index is 853. The van der Waals surface area contributed by atoms with Gasteiger partial charge in [-0.1, -0.05) is 24.3 Å². The van der Waals surface area contributed by atoms with E-state index < -0.39 is 6.61 Å². The van der Waals surface area contributed by atoms with Gasteiger partial charge in [0.05, 0.1) is 7.11 Å². The molecule has 3 rings (SSSR count). The molecule has 0 radical (unpaired) electrons. The number of hydrogen-bond donors (Lipinski definition) is 2. The van der Waals surface area contributed by atoms with Crippen LogP contribution in [0, 0.1) is 0 Å². The minimum Gasteiger partial charge on any atom is -0.497 e. The zero-order chi connectivity index (χ0) is 22.1. The molecule has 2 aromatic carbocycles. The molecule has 0 unspecified atom stereocenters. The monoisotopic (exact) mass is 432 g/mol. The van der Waals surface area contributed by atoms with Crippen molar-refractivity contribution in [2.45, 2.75) is 39.1 Å². The first-order valence-electron chi connectivity index (χ1n) is 10.4. The molecule has 2 aromatic rings. The molecule has 31 heavy (non-hydrogen) atoms. The third-order valence-electron chi connectivity index (χ3n) is 5.24. The molecule has 1 aliphatic heterocycles. The van der Waals surface area contributed by atoms with Gasteiger partial charge in [-0.3, -0.25) is 9.89 Å². The van der Waals surface area contributed by atoms with Crippen LogP contribution < -0.4 is 20.1 Å². The lowest BCUT2D eigenvalue weighted by Gasteiger charge is -2.16. The minimum atomic E-state index is -2.89. The molecule has 0 atom stereocenters. The van der Waals surface area contributed by atoms with E-state index in [2.05, 4.69) is 49.5 Å². The molecule has 168 valence electrons. The van der Waals surface area contributed by atoms with Crippen LogP contribution in [0.2, 0.25) is 0 Å². The van der Waals surface area contributed by atoms with E-state index in [4.69, 9.17) is 4.74 Å². The number of benzene rings is 2. The van der Waals surface area contributed by atoms with Crippen molar-refractivity contribution in [2.75, 3.05) is 27.2 Å². The summed E-state index contributed by atoms with van der Waals surface area (Å²) in [7, 11) is 3.19. The molecule has 1 fully saturated rings. The Balaban J connectivity index is 1.52. The molecule has 1 heterocycles. The van der Waals surface area contributed by atoms with Gasteiger partial charge in [0.15, 0.2) is 5.96 Å². The molecular weight excluding hydrogens is 402 g/mol. The lowest BCUT2D eigenvalue weighted by Crippen LogP contribution is -2.36. The van der Waals surface area contributed by atoms with Crippen molar-refractivity contribution in [1.82, 2.24) is 15.5 Å². The standard InChI is InChI=1S/C23H30F2N4O2/c1-26-23(28-15-19-13-20(30-2)9-10-21(19)31-22(24)25)27-14-17-5-7-18(8-6-17)16-29-11-3-4-12-29/h5-10,13,22H,3-4,11-12,14-16H2,1-2H3,(H2,26,27,28). The number of ether oxygens (including phenoxy) is 2. The molecule has 0 amide bonds. The van der Waals surface area contributed by atoms with E-state index >= 15 is 0 Å². The fourth-order valence-corrected chi connectivity index (χ4v) is 3.58. The van der Waals surface area contributed by atoms with Crippen molar-refractivity contribution >= 4 is 5.96 Å². The second kappa shape index (κ2) is 11.5. The van der Waals surface area contributed by atoms with Crippen molar-refractivity contribution in [3.05, 3.63) is 59.2 Å². The maximum Gasteiger partial charge on any atom is 0.387 e. The number of alkyl halides is 2. The van der Waals surface area contributed by atoms with Crippen LogP contribution >= 0.6 is 0 Å². The fourth-order valence-electron chi connectivity index (χ4n) is 3.58. The van der Waals surface area contributed by atoms with E-state index in [9.17, 15) is 8.78 Å². The molecule has 0 aliphatic carbocycles. The average molecular weight is 433 g/mol. The van der Waals surface area contributed by atoms with Gasteiger partial charge in [-0.15, -0.1) is 0 Å². The van der Waals surface area contributed by atoms with Crippen molar-refractivity contribution in [3.8, 4) is 11.5 Å². The van der Waals surface area contributed by atoms with Crippen LogP contribution in [-0.4, -0.2) is 44.7 Å². The van der Waals surface area contributed by atoms with E-state index in [0.29, 0.717) is 23.8 Å². The van der Waals surface area contributed by atoms with Crippen LogP contribution in [0.25, 0.3) is 0 Å². The molecule has 0 saturated carbocycles. The van der Waals surface area contributed by atoms with Gasteiger partial charge >= 0.3 is 6.61 Å². The summed E-state index contributed by atoms with van der Waals surface area (Å²) < 4.78 is 35.2. The number of aliphatic imine (C=N–C) groups is 1. The minimum absolute atomic E-state index is 0.104. The first-order valence-corrected chi connectivity index (χ1v) is 10.4. The molecule has 1 saturated heterocycles. The van der Waals surface area contributed by atoms with Crippen LogP contribution in [0.15, 0.2) is 47.5 Å². The van der Waals surface area contributed by atoms with Gasteiger partial charge in [0.25, 0.3) is 0 Å². The topological polar surface area (TPSA) is 58.1 Å². The molecule has 8 heteroatoms. The largest absolute Gasteiger partial charge is 0.497 e. The number of guanidine groups is 1. The fraction of sp³-hybridized carbons (Fsp3) is 0.435. The molecule has 0 aromatic heterocycles. The Morgan fingerprint density at radius 2 is 1.71 bits per heavy atom. The number of rotatable bonds is 9. The summed E-state index contributed by atoms with van der Waals surface area (Å²) >= 11 is 0. The van der Waals surface area contributed by atoms with Crippen molar-refractivity contribution in [2.24, 2.45) is 4.99 Å². The maximum absolute atomic E-state index is 12.7. The van der Waals surface area contributed by atoms with Crippen molar-refractivity contribution < 1.29 is 18.3 Å². The molecule has 0 bridgehead atoms. The van der Waals surface area contributed by atoms with E-state index in [1.807, 2.05) is 0 Å². The second-order valence-electron chi connectivity index (χ2n) is 7.43. The smallest absolute Gasteiger partial charge is 0.387 e. The van der Waals surface area contributed by atoms with Crippen molar-refractivity contribution in [3.63, 3.8) is 0 Å². The van der Waals surface area contributed by atoms with Gasteiger partial charge in [0, 0.05) is 32.2 Å². The summed E-state index contributed by atoms with van der Waals surface area (Å²) in [6.07, 6.45) is 2.58. The normalized spacial score (nSPS) is 14.7. The highest BCUT2D eigenvalue weighted by molar-refractivity contribution is 5.79. The highest BCUT2D eigenvalue weighted by Crippen LogP contribution is 2.25. The highest BCUT2D eigenvalue weighted by atomic mass is 19.3. The first kappa shape index (κ1) is 22.8. The predicted molar refractivity (Wildman–Crippen MR) is 118 cm³/mol. The lowest BCUT2D eigenvalue weighted by molar-refractivity contribution is -0.0504. The number of methoxy groups -OCH3 is 1. The van der Waals surface area contributed by atoms with Gasteiger partial charge in [0.1, 0.15) is 11.5 Å². The molecule has 1 aliphatic rings. The number of nitrogens with zero attached hydrogens (tertiary/aromatic N) is 2. The molecule has 2 N–H and O–H groups in total. The third-order valence-corrected chi connectivity index (χ3v) is 5.24. The van der Waals surface area contributed by atoms with Crippen LogP contribution in [-0.2, 0) is 19.6 Å². The van der Waals surface area contributed by atoms with Gasteiger partial charge < -0.3 is 20.1 Å². The van der Waals surface area contributed by atoms with E-state index in [-0.39, 0.29) is 12.3 Å². The van der Waals surface area contributed by atoms with Crippen LogP contribution in [0.4, 0.5) is 8.78 Å². The van der Waals surface area contributed by atoms with E-state index in [1.165, 1.54) is 44.7 Å². The average Bonchev–Trinajstić information content (AvgIpc) is 3.28. The van der Waals surface area contributed by atoms with E-state index in [0.717, 1.165) is 12.1 Å². The van der Waals surface area contributed by atoms with Crippen LogP contribution in [0.5, 0.6) is 11.5 Å². The van der Waals surface area contributed by atoms with Gasteiger partial charge in [-0.05, 0) is 55.3 Å². The summed E-state index contributed by atoms with van der Waals surface area (Å²) in [5.41, 5.74) is 3.00. The van der Waals surface area contributed by atoms with Gasteiger partial charge in [0.2, 0.25) is 0 Å². The summed E-state index contributed by atoms with van der Waals surface area (Å²) in [6.45, 7) is 1.33. The summed E-state index contributed by atoms with van der Waals surface area (Å²) in [4.78, 5) is 6.68. The second-order valence-corrected chi connectivity index (χ2v) is 7.43. The predicted octanol–water partition coefficient (Wildman–Crippen LogP) is 3.76. The Kier molecular flexibility index (Phi) is 8.46. The first-order chi connectivity index (χ1) is 15.1. The number of hydrogen-bond acceptors (Lipinski definition) is 4. The van der Waals surface area contributed by atoms with Gasteiger partial charge in [-0.25, -0.2) is 0 Å². The Morgan fingerprint density at radius 3 is 2.35 bits per heavy atom. The SMILES string of the molecule is CN=C(NCc1ccc(CN2CCCC2)cc1)NCc1cc(OC)ccc1OC(F)F. The Morgan fingerprint density at radius 1 is 1.03 bits per heavy atom. The quantitative estimate of drug-likeness (QED) is 0.467. The molecular formula is C23H30F2N4O2. The van der Waals surface area contributed by atoms with Crippen LogP contribution in [0.1, 0.15) is 29.5 Å². The number of nitrogens with one attached hydrogen (secondary N) is 2. The number of likely N-dealkylation sites (tertiary alicyclic amines) is 1.